The monoisotopic (exact) mass is 252 g/mol. The van der Waals surface area contributed by atoms with E-state index in [1.807, 2.05) is 24.3 Å². The standard InChI is InChI=1S/C11H16O3S.Na.H/c1-9(2)11-5-3-4-10(8-11)6-7-15(12,13)14;;/h3-5,8-9H,6-7H2,1-2H3,(H,12,13,14);;/q;+1;-1. The van der Waals surface area contributed by atoms with Crippen LogP contribution in [-0.4, -0.2) is 18.7 Å². The Kier molecular flexibility index (Phi) is 6.82. The first-order chi connectivity index (χ1) is 6.88. The van der Waals surface area contributed by atoms with E-state index in [1.165, 1.54) is 5.56 Å². The molecule has 0 aliphatic rings. The van der Waals surface area contributed by atoms with Crippen molar-refractivity contribution >= 4 is 10.1 Å². The van der Waals surface area contributed by atoms with E-state index in [0.29, 0.717) is 12.3 Å². The normalized spacial score (nSPS) is 11.2. The zero-order valence-corrected chi connectivity index (χ0v) is 12.8. The molecular weight excluding hydrogens is 235 g/mol. The van der Waals surface area contributed by atoms with Gasteiger partial charge in [-0.3, -0.25) is 4.55 Å². The zero-order chi connectivity index (χ0) is 11.5. The molecule has 1 rings (SSSR count). The first-order valence-corrected chi connectivity index (χ1v) is 6.53. The Bertz CT molecular complexity index is 432. The molecule has 0 aliphatic carbocycles. The van der Waals surface area contributed by atoms with E-state index in [2.05, 4.69) is 13.8 Å². The fourth-order valence-electron chi connectivity index (χ4n) is 1.35. The zero-order valence-electron chi connectivity index (χ0n) is 11.0. The van der Waals surface area contributed by atoms with Crippen LogP contribution in [-0.2, 0) is 16.5 Å². The van der Waals surface area contributed by atoms with Gasteiger partial charge in [0.1, 0.15) is 0 Å². The van der Waals surface area contributed by atoms with Crippen LogP contribution in [0.2, 0.25) is 0 Å². The quantitative estimate of drug-likeness (QED) is 0.573. The van der Waals surface area contributed by atoms with Gasteiger partial charge < -0.3 is 1.43 Å². The van der Waals surface area contributed by atoms with E-state index >= 15 is 0 Å². The molecule has 0 saturated heterocycles. The van der Waals surface area contributed by atoms with Crippen LogP contribution in [0.5, 0.6) is 0 Å². The molecule has 1 aromatic carbocycles. The van der Waals surface area contributed by atoms with Crippen molar-refractivity contribution in [2.24, 2.45) is 0 Å². The minimum absolute atomic E-state index is 0. The summed E-state index contributed by atoms with van der Waals surface area (Å²) >= 11 is 0. The first-order valence-electron chi connectivity index (χ1n) is 4.92. The summed E-state index contributed by atoms with van der Waals surface area (Å²) in [6.45, 7) is 4.17. The summed E-state index contributed by atoms with van der Waals surface area (Å²) in [4.78, 5) is 0. The summed E-state index contributed by atoms with van der Waals surface area (Å²) in [6.07, 6.45) is 0.361. The summed E-state index contributed by atoms with van der Waals surface area (Å²) in [6, 6.07) is 7.78. The summed E-state index contributed by atoms with van der Waals surface area (Å²) in [7, 11) is -3.86. The van der Waals surface area contributed by atoms with Gasteiger partial charge in [-0.25, -0.2) is 0 Å². The SMILES string of the molecule is CC(C)c1cccc(CCS(=O)(=O)O)c1.[H-].[Na+]. The topological polar surface area (TPSA) is 54.4 Å². The average Bonchev–Trinajstić information content (AvgIpc) is 2.14. The number of benzene rings is 1. The first kappa shape index (κ1) is 16.1. The summed E-state index contributed by atoms with van der Waals surface area (Å²) in [5.41, 5.74) is 2.13. The van der Waals surface area contributed by atoms with Crippen LogP contribution in [0.25, 0.3) is 0 Å². The smallest absolute Gasteiger partial charge is 1.00 e. The van der Waals surface area contributed by atoms with Crippen LogP contribution < -0.4 is 29.6 Å². The van der Waals surface area contributed by atoms with Crippen LogP contribution in [0.4, 0.5) is 0 Å². The maximum Gasteiger partial charge on any atom is 1.00 e. The van der Waals surface area contributed by atoms with E-state index in [-0.39, 0.29) is 36.7 Å². The predicted octanol–water partition coefficient (Wildman–Crippen LogP) is -0.643. The van der Waals surface area contributed by atoms with Crippen molar-refractivity contribution in [1.82, 2.24) is 0 Å². The van der Waals surface area contributed by atoms with Crippen LogP contribution in [0.3, 0.4) is 0 Å². The fourth-order valence-corrected chi connectivity index (χ4v) is 1.85. The van der Waals surface area contributed by atoms with Crippen LogP contribution in [0.15, 0.2) is 24.3 Å². The Morgan fingerprint density at radius 2 is 2.00 bits per heavy atom. The number of hydrogen-bond acceptors (Lipinski definition) is 2. The molecule has 1 N–H and O–H groups in total. The third kappa shape index (κ3) is 6.01. The van der Waals surface area contributed by atoms with E-state index < -0.39 is 10.1 Å². The Labute approximate surface area is 121 Å². The Balaban J connectivity index is 0. The van der Waals surface area contributed by atoms with Gasteiger partial charge in [0, 0.05) is 0 Å². The molecule has 0 atom stereocenters. The van der Waals surface area contributed by atoms with Gasteiger partial charge in [0.25, 0.3) is 10.1 Å². The van der Waals surface area contributed by atoms with E-state index in [1.54, 1.807) is 0 Å². The fraction of sp³-hybridized carbons (Fsp3) is 0.455. The molecule has 1 aromatic rings. The molecule has 0 fully saturated rings. The molecule has 0 spiro atoms. The van der Waals surface area contributed by atoms with Crippen molar-refractivity contribution < 1.29 is 44.0 Å². The molecule has 86 valence electrons. The Hall–Kier alpha value is 0.130. The second kappa shape index (κ2) is 6.77. The number of rotatable bonds is 4. The number of aryl methyl sites for hydroxylation is 1. The summed E-state index contributed by atoms with van der Waals surface area (Å²) in [5, 5.41) is 0. The van der Waals surface area contributed by atoms with Crippen molar-refractivity contribution in [3.63, 3.8) is 0 Å². The minimum atomic E-state index is -3.86. The van der Waals surface area contributed by atoms with E-state index in [9.17, 15) is 8.42 Å². The van der Waals surface area contributed by atoms with Crippen LogP contribution in [0, 0.1) is 0 Å². The van der Waals surface area contributed by atoms with Gasteiger partial charge in [0.2, 0.25) is 0 Å². The number of hydrogen-bond donors (Lipinski definition) is 1. The van der Waals surface area contributed by atoms with Gasteiger partial charge in [-0.1, -0.05) is 38.1 Å². The Morgan fingerprint density at radius 3 is 2.50 bits per heavy atom. The molecule has 0 heterocycles. The molecule has 0 aromatic heterocycles. The molecule has 16 heavy (non-hydrogen) atoms. The predicted molar refractivity (Wildman–Crippen MR) is 61.8 cm³/mol. The molecule has 0 unspecified atom stereocenters. The minimum Gasteiger partial charge on any atom is -1.00 e. The van der Waals surface area contributed by atoms with Crippen LogP contribution >= 0.6 is 0 Å². The van der Waals surface area contributed by atoms with Gasteiger partial charge in [-0.15, -0.1) is 0 Å². The van der Waals surface area contributed by atoms with Gasteiger partial charge in [-0.2, -0.15) is 8.42 Å². The molecular formula is C11H17NaO3S. The average molecular weight is 252 g/mol. The van der Waals surface area contributed by atoms with Crippen molar-refractivity contribution in [3.05, 3.63) is 35.4 Å². The summed E-state index contributed by atoms with van der Waals surface area (Å²) in [5.74, 6) is 0.213. The molecule has 0 bridgehead atoms. The van der Waals surface area contributed by atoms with Gasteiger partial charge in [-0.05, 0) is 23.5 Å². The van der Waals surface area contributed by atoms with Crippen molar-refractivity contribution in [2.45, 2.75) is 26.2 Å². The third-order valence-corrected chi connectivity index (χ3v) is 2.99. The van der Waals surface area contributed by atoms with Crippen LogP contribution in [0.1, 0.15) is 32.3 Å². The molecule has 0 radical (unpaired) electrons. The van der Waals surface area contributed by atoms with Gasteiger partial charge in [0.05, 0.1) is 5.75 Å². The molecule has 5 heteroatoms. The van der Waals surface area contributed by atoms with Crippen molar-refractivity contribution in [1.29, 1.82) is 0 Å². The molecule has 3 nitrogen and oxygen atoms in total. The maximum absolute atomic E-state index is 10.6. The Morgan fingerprint density at radius 1 is 1.38 bits per heavy atom. The van der Waals surface area contributed by atoms with Crippen molar-refractivity contribution in [2.75, 3.05) is 5.75 Å². The third-order valence-electron chi connectivity index (χ3n) is 2.27. The largest absolute Gasteiger partial charge is 1.00 e. The van der Waals surface area contributed by atoms with Gasteiger partial charge in [0.15, 0.2) is 0 Å². The van der Waals surface area contributed by atoms with E-state index in [0.717, 1.165) is 5.56 Å². The summed E-state index contributed by atoms with van der Waals surface area (Å²) < 4.78 is 29.8. The van der Waals surface area contributed by atoms with Gasteiger partial charge >= 0.3 is 29.6 Å². The maximum atomic E-state index is 10.6. The second-order valence-electron chi connectivity index (χ2n) is 3.94. The molecule has 0 aliphatic heterocycles. The second-order valence-corrected chi connectivity index (χ2v) is 5.51. The molecule has 0 amide bonds. The van der Waals surface area contributed by atoms with Crippen molar-refractivity contribution in [3.8, 4) is 0 Å². The van der Waals surface area contributed by atoms with E-state index in [4.69, 9.17) is 4.55 Å². The molecule has 0 saturated carbocycles.